The SMILES string of the molecule is O=C(c1n[nH]c2ccccc12)N1CCC2(CCc3c2nc(N2CCOCC2)[nH]c3=O)CC1. The number of rotatable bonds is 2. The maximum Gasteiger partial charge on any atom is 0.274 e. The van der Waals surface area contributed by atoms with E-state index in [2.05, 4.69) is 20.1 Å². The van der Waals surface area contributed by atoms with E-state index in [1.54, 1.807) is 0 Å². The number of para-hydroxylation sites is 1. The van der Waals surface area contributed by atoms with Gasteiger partial charge in [0.1, 0.15) is 0 Å². The lowest BCUT2D eigenvalue weighted by molar-refractivity contribution is 0.0659. The van der Waals surface area contributed by atoms with E-state index in [9.17, 15) is 9.59 Å². The molecule has 2 fully saturated rings. The molecule has 3 aromatic rings. The number of H-pyrrole nitrogens is 2. The topological polar surface area (TPSA) is 107 Å². The van der Waals surface area contributed by atoms with Crippen LogP contribution in [0.15, 0.2) is 29.1 Å². The Kier molecular flexibility index (Phi) is 4.53. The van der Waals surface area contributed by atoms with Crippen molar-refractivity contribution in [2.45, 2.75) is 31.1 Å². The maximum atomic E-state index is 13.2. The second kappa shape index (κ2) is 7.44. The molecule has 1 spiro atoms. The van der Waals surface area contributed by atoms with Crippen LogP contribution >= 0.6 is 0 Å². The third-order valence-electron chi connectivity index (χ3n) is 7.35. The Morgan fingerprint density at radius 3 is 2.66 bits per heavy atom. The number of likely N-dealkylation sites (tertiary alicyclic amines) is 1. The van der Waals surface area contributed by atoms with Crippen molar-refractivity contribution in [2.75, 3.05) is 44.3 Å². The minimum absolute atomic E-state index is 0.0186. The predicted octanol–water partition coefficient (Wildman–Crippen LogP) is 1.60. The number of morpholine rings is 1. The summed E-state index contributed by atoms with van der Waals surface area (Å²) in [7, 11) is 0. The number of carbonyl (C=O) groups excluding carboxylic acids is 1. The third-order valence-corrected chi connectivity index (χ3v) is 7.35. The Labute approximate surface area is 184 Å². The van der Waals surface area contributed by atoms with Crippen LogP contribution in [0.2, 0.25) is 0 Å². The summed E-state index contributed by atoms with van der Waals surface area (Å²) in [6, 6.07) is 7.70. The van der Waals surface area contributed by atoms with Crippen LogP contribution in [0.25, 0.3) is 10.9 Å². The quantitative estimate of drug-likeness (QED) is 0.635. The standard InChI is InChI=1S/C23H26N6O3/c30-20-16-5-6-23(19(16)24-22(25-20)29-11-13-32-14-12-29)7-9-28(10-8-23)21(31)18-15-3-1-2-4-17(15)26-27-18/h1-4H,5-14H2,(H,26,27)(H,24,25,30). The third kappa shape index (κ3) is 3.02. The highest BCUT2D eigenvalue weighted by Gasteiger charge is 2.45. The molecular weight excluding hydrogens is 408 g/mol. The van der Waals surface area contributed by atoms with Crippen molar-refractivity contribution < 1.29 is 9.53 Å². The number of ether oxygens (including phenoxy) is 1. The Morgan fingerprint density at radius 1 is 1.06 bits per heavy atom. The van der Waals surface area contributed by atoms with Gasteiger partial charge >= 0.3 is 0 Å². The first kappa shape index (κ1) is 19.5. The Hall–Kier alpha value is -3.20. The van der Waals surface area contributed by atoms with Crippen molar-refractivity contribution in [2.24, 2.45) is 0 Å². The fourth-order valence-electron chi connectivity index (χ4n) is 5.46. The first-order valence-electron chi connectivity index (χ1n) is 11.3. The van der Waals surface area contributed by atoms with Crippen LogP contribution in [0, 0.1) is 0 Å². The van der Waals surface area contributed by atoms with Crippen LogP contribution in [-0.4, -0.2) is 70.4 Å². The van der Waals surface area contributed by atoms with Gasteiger partial charge in [0.15, 0.2) is 5.69 Å². The van der Waals surface area contributed by atoms with Crippen molar-refractivity contribution in [1.29, 1.82) is 0 Å². The molecule has 2 N–H and O–H groups in total. The largest absolute Gasteiger partial charge is 0.378 e. The summed E-state index contributed by atoms with van der Waals surface area (Å²) in [5, 5.41) is 8.09. The van der Waals surface area contributed by atoms with Gasteiger partial charge in [-0.3, -0.25) is 19.7 Å². The summed E-state index contributed by atoms with van der Waals surface area (Å²) in [5.74, 6) is 0.614. The molecule has 1 amide bonds. The van der Waals surface area contributed by atoms with Gasteiger partial charge in [0.2, 0.25) is 5.95 Å². The molecule has 0 unspecified atom stereocenters. The van der Waals surface area contributed by atoms with Crippen molar-refractivity contribution in [3.63, 3.8) is 0 Å². The molecule has 9 nitrogen and oxygen atoms in total. The van der Waals surface area contributed by atoms with Crippen LogP contribution < -0.4 is 10.5 Å². The Bertz CT molecular complexity index is 1230. The summed E-state index contributed by atoms with van der Waals surface area (Å²) < 4.78 is 5.44. The van der Waals surface area contributed by atoms with E-state index in [1.807, 2.05) is 29.2 Å². The minimum atomic E-state index is -0.130. The highest BCUT2D eigenvalue weighted by atomic mass is 16.5. The molecule has 2 aliphatic heterocycles. The van der Waals surface area contributed by atoms with Crippen molar-refractivity contribution in [1.82, 2.24) is 25.1 Å². The van der Waals surface area contributed by atoms with Crippen LogP contribution in [0.5, 0.6) is 0 Å². The molecule has 166 valence electrons. The molecule has 4 heterocycles. The molecule has 3 aliphatic rings. The van der Waals surface area contributed by atoms with E-state index in [1.165, 1.54) is 0 Å². The summed E-state index contributed by atoms with van der Waals surface area (Å²) in [6.07, 6.45) is 3.29. The molecule has 0 saturated carbocycles. The smallest absolute Gasteiger partial charge is 0.274 e. The van der Waals surface area contributed by atoms with Crippen LogP contribution in [0.4, 0.5) is 5.95 Å². The maximum absolute atomic E-state index is 13.2. The molecule has 6 rings (SSSR count). The van der Waals surface area contributed by atoms with E-state index in [-0.39, 0.29) is 16.9 Å². The number of hydrogen-bond acceptors (Lipinski definition) is 6. The summed E-state index contributed by atoms with van der Waals surface area (Å²) in [4.78, 5) is 38.0. The molecule has 9 heteroatoms. The first-order chi connectivity index (χ1) is 15.6. The van der Waals surface area contributed by atoms with Gasteiger partial charge in [0.25, 0.3) is 11.5 Å². The number of benzene rings is 1. The van der Waals surface area contributed by atoms with Gasteiger partial charge in [-0.25, -0.2) is 4.98 Å². The van der Waals surface area contributed by atoms with E-state index >= 15 is 0 Å². The molecule has 0 radical (unpaired) electrons. The predicted molar refractivity (Wildman–Crippen MR) is 119 cm³/mol. The molecule has 0 bridgehead atoms. The fourth-order valence-corrected chi connectivity index (χ4v) is 5.46. The Morgan fingerprint density at radius 2 is 1.84 bits per heavy atom. The lowest BCUT2D eigenvalue weighted by Crippen LogP contribution is -2.45. The molecule has 1 aromatic carbocycles. The van der Waals surface area contributed by atoms with Crippen molar-refractivity contribution in [3.8, 4) is 0 Å². The Balaban J connectivity index is 1.25. The number of amides is 1. The number of fused-ring (bicyclic) bond motifs is 3. The average Bonchev–Trinajstić information content (AvgIpc) is 3.42. The second-order valence-electron chi connectivity index (χ2n) is 9.01. The van der Waals surface area contributed by atoms with Crippen LogP contribution in [0.1, 0.15) is 41.0 Å². The number of nitrogens with zero attached hydrogens (tertiary/aromatic N) is 4. The molecule has 2 aromatic heterocycles. The molecule has 2 saturated heterocycles. The zero-order valence-corrected chi connectivity index (χ0v) is 17.9. The fraction of sp³-hybridized carbons (Fsp3) is 0.478. The number of piperidine rings is 1. The second-order valence-corrected chi connectivity index (χ2v) is 9.01. The highest BCUT2D eigenvalue weighted by Crippen LogP contribution is 2.44. The van der Waals surface area contributed by atoms with Gasteiger partial charge in [0, 0.05) is 42.5 Å². The van der Waals surface area contributed by atoms with Crippen LogP contribution in [-0.2, 0) is 16.6 Å². The van der Waals surface area contributed by atoms with E-state index < -0.39 is 0 Å². The number of carbonyl (C=O) groups is 1. The van der Waals surface area contributed by atoms with Gasteiger partial charge in [0.05, 0.1) is 24.4 Å². The minimum Gasteiger partial charge on any atom is -0.378 e. The highest BCUT2D eigenvalue weighted by molar-refractivity contribution is 6.04. The normalized spacial score (nSPS) is 20.1. The number of anilines is 1. The molecular formula is C23H26N6O3. The lowest BCUT2D eigenvalue weighted by atomic mass is 9.76. The zero-order chi connectivity index (χ0) is 21.7. The molecule has 0 atom stereocenters. The van der Waals surface area contributed by atoms with E-state index in [0.29, 0.717) is 37.9 Å². The zero-order valence-electron chi connectivity index (χ0n) is 17.9. The van der Waals surface area contributed by atoms with E-state index in [0.717, 1.165) is 60.9 Å². The molecule has 1 aliphatic carbocycles. The first-order valence-corrected chi connectivity index (χ1v) is 11.3. The number of aromatic amines is 2. The lowest BCUT2D eigenvalue weighted by Gasteiger charge is -2.39. The number of aromatic nitrogens is 4. The average molecular weight is 435 g/mol. The summed E-state index contributed by atoms with van der Waals surface area (Å²) in [6.45, 7) is 4.03. The monoisotopic (exact) mass is 434 g/mol. The van der Waals surface area contributed by atoms with Gasteiger partial charge in [-0.15, -0.1) is 0 Å². The van der Waals surface area contributed by atoms with Gasteiger partial charge < -0.3 is 14.5 Å². The van der Waals surface area contributed by atoms with Gasteiger partial charge in [-0.2, -0.15) is 5.10 Å². The molecule has 32 heavy (non-hydrogen) atoms. The van der Waals surface area contributed by atoms with Crippen LogP contribution in [0.3, 0.4) is 0 Å². The number of nitrogens with one attached hydrogen (secondary N) is 2. The van der Waals surface area contributed by atoms with Crippen molar-refractivity contribution >= 4 is 22.8 Å². The number of hydrogen-bond donors (Lipinski definition) is 2. The van der Waals surface area contributed by atoms with E-state index in [4.69, 9.17) is 9.72 Å². The van der Waals surface area contributed by atoms with Crippen molar-refractivity contribution in [3.05, 3.63) is 51.6 Å². The van der Waals surface area contributed by atoms with Gasteiger partial charge in [-0.1, -0.05) is 18.2 Å². The summed E-state index contributed by atoms with van der Waals surface area (Å²) >= 11 is 0. The summed E-state index contributed by atoms with van der Waals surface area (Å²) in [5.41, 5.74) is 2.96. The van der Waals surface area contributed by atoms with Gasteiger partial charge in [-0.05, 0) is 31.7 Å².